The third kappa shape index (κ3) is 1.24. The van der Waals surface area contributed by atoms with Crippen LogP contribution in [0.15, 0.2) is 35.3 Å². The van der Waals surface area contributed by atoms with Crippen LogP contribution in [0.25, 0.3) is 0 Å². The van der Waals surface area contributed by atoms with E-state index < -0.39 is 0 Å². The topological polar surface area (TPSA) is 24.4 Å². The van der Waals surface area contributed by atoms with Gasteiger partial charge in [-0.25, -0.2) is 0 Å². The van der Waals surface area contributed by atoms with Crippen molar-refractivity contribution in [2.75, 3.05) is 6.54 Å². The van der Waals surface area contributed by atoms with E-state index in [1.165, 1.54) is 5.56 Å². The molecule has 0 fully saturated rings. The van der Waals surface area contributed by atoms with Crippen molar-refractivity contribution in [1.82, 2.24) is 5.32 Å². The zero-order valence-corrected chi connectivity index (χ0v) is 6.20. The largest absolute Gasteiger partial charge is 0.368 e. The van der Waals surface area contributed by atoms with Gasteiger partial charge in [0.1, 0.15) is 0 Å². The smallest absolute Gasteiger partial charge is 0.0830 e. The first-order valence-corrected chi connectivity index (χ1v) is 3.76. The molecule has 0 unspecified atom stereocenters. The van der Waals surface area contributed by atoms with E-state index in [9.17, 15) is 0 Å². The Kier molecular flexibility index (Phi) is 1.60. The molecule has 0 radical (unpaired) electrons. The maximum absolute atomic E-state index is 4.11. The number of rotatable bonds is 1. The van der Waals surface area contributed by atoms with E-state index in [2.05, 4.69) is 34.6 Å². The molecule has 1 aliphatic heterocycles. The van der Waals surface area contributed by atoms with Crippen LogP contribution in [0.3, 0.4) is 0 Å². The van der Waals surface area contributed by atoms with Crippen LogP contribution in [-0.2, 0) is 0 Å². The molecule has 0 amide bonds. The maximum Gasteiger partial charge on any atom is 0.0830 e. The van der Waals surface area contributed by atoms with Gasteiger partial charge >= 0.3 is 0 Å². The molecule has 2 nitrogen and oxygen atoms in total. The summed E-state index contributed by atoms with van der Waals surface area (Å²) < 4.78 is 0. The van der Waals surface area contributed by atoms with Crippen LogP contribution in [0.2, 0.25) is 0 Å². The summed E-state index contributed by atoms with van der Waals surface area (Å²) in [6.07, 6.45) is 1.78. The molecular formula is C9H10N2. The van der Waals surface area contributed by atoms with Gasteiger partial charge < -0.3 is 5.32 Å². The highest BCUT2D eigenvalue weighted by molar-refractivity contribution is 5.58. The second-order valence-electron chi connectivity index (χ2n) is 2.62. The van der Waals surface area contributed by atoms with Crippen LogP contribution in [0.1, 0.15) is 11.6 Å². The average Bonchev–Trinajstić information content (AvgIpc) is 2.58. The average molecular weight is 146 g/mol. The summed E-state index contributed by atoms with van der Waals surface area (Å²) in [6, 6.07) is 10.8. The Bertz CT molecular complexity index is 246. The minimum Gasteiger partial charge on any atom is -0.368 e. The van der Waals surface area contributed by atoms with E-state index in [0.29, 0.717) is 6.04 Å². The standard InChI is InChI=1S/C9H10N2/c1-2-4-8(5-3-1)9-6-10-7-11-9/h1-5,7,9H,6H2,(H,10,11)/t9-/m1/s1. The summed E-state index contributed by atoms with van der Waals surface area (Å²) in [4.78, 5) is 4.11. The highest BCUT2D eigenvalue weighted by Crippen LogP contribution is 2.13. The lowest BCUT2D eigenvalue weighted by atomic mass is 10.1. The molecule has 56 valence electrons. The predicted molar refractivity (Wildman–Crippen MR) is 45.7 cm³/mol. The summed E-state index contributed by atoms with van der Waals surface area (Å²) in [6.45, 7) is 0.865. The Balaban J connectivity index is 2.17. The number of nitrogens with one attached hydrogen (secondary N) is 1. The van der Waals surface area contributed by atoms with Gasteiger partial charge in [0.05, 0.1) is 18.9 Å². The first-order valence-electron chi connectivity index (χ1n) is 3.76. The maximum atomic E-state index is 4.11. The van der Waals surface area contributed by atoms with Crippen molar-refractivity contribution in [1.29, 1.82) is 0 Å². The molecule has 0 saturated heterocycles. The van der Waals surface area contributed by atoms with Crippen LogP contribution in [0, 0.1) is 0 Å². The molecular weight excluding hydrogens is 136 g/mol. The second kappa shape index (κ2) is 2.74. The summed E-state index contributed by atoms with van der Waals surface area (Å²) in [5.41, 5.74) is 1.31. The van der Waals surface area contributed by atoms with Crippen molar-refractivity contribution in [3.05, 3.63) is 35.9 Å². The fourth-order valence-electron chi connectivity index (χ4n) is 1.24. The SMILES string of the molecule is C1=NC[C@H](c2ccccc2)N1. The van der Waals surface area contributed by atoms with Gasteiger partial charge in [0.25, 0.3) is 0 Å². The molecule has 1 heterocycles. The molecule has 11 heavy (non-hydrogen) atoms. The molecule has 1 aromatic carbocycles. The molecule has 0 spiro atoms. The number of benzene rings is 1. The minimum atomic E-state index is 0.399. The summed E-state index contributed by atoms with van der Waals surface area (Å²) in [5, 5.41) is 3.18. The molecule has 2 heteroatoms. The first-order chi connectivity index (χ1) is 5.47. The molecule has 0 aromatic heterocycles. The van der Waals surface area contributed by atoms with Crippen molar-refractivity contribution >= 4 is 6.34 Å². The lowest BCUT2D eigenvalue weighted by Gasteiger charge is -2.08. The van der Waals surface area contributed by atoms with Crippen molar-refractivity contribution in [3.63, 3.8) is 0 Å². The molecule has 0 bridgehead atoms. The number of hydrogen-bond donors (Lipinski definition) is 1. The van der Waals surface area contributed by atoms with Crippen LogP contribution in [0.5, 0.6) is 0 Å². The van der Waals surface area contributed by atoms with E-state index in [4.69, 9.17) is 0 Å². The minimum absolute atomic E-state index is 0.399. The molecule has 1 aliphatic rings. The van der Waals surface area contributed by atoms with Crippen molar-refractivity contribution < 1.29 is 0 Å². The van der Waals surface area contributed by atoms with Gasteiger partial charge in [-0.05, 0) is 5.56 Å². The summed E-state index contributed by atoms with van der Waals surface area (Å²) in [7, 11) is 0. The molecule has 1 aromatic rings. The second-order valence-corrected chi connectivity index (χ2v) is 2.62. The van der Waals surface area contributed by atoms with Gasteiger partial charge in [0.2, 0.25) is 0 Å². The van der Waals surface area contributed by atoms with E-state index in [1.807, 2.05) is 6.07 Å². The van der Waals surface area contributed by atoms with Crippen LogP contribution >= 0.6 is 0 Å². The lowest BCUT2D eigenvalue weighted by Crippen LogP contribution is -2.14. The number of aliphatic imine (C=N–C) groups is 1. The van der Waals surface area contributed by atoms with E-state index >= 15 is 0 Å². The van der Waals surface area contributed by atoms with E-state index in [1.54, 1.807) is 6.34 Å². The van der Waals surface area contributed by atoms with Crippen LogP contribution < -0.4 is 5.32 Å². The Hall–Kier alpha value is -1.31. The quantitative estimate of drug-likeness (QED) is 0.635. The zero-order valence-electron chi connectivity index (χ0n) is 6.20. The van der Waals surface area contributed by atoms with Crippen molar-refractivity contribution in [2.45, 2.75) is 6.04 Å². The Morgan fingerprint density at radius 3 is 2.73 bits per heavy atom. The molecule has 0 aliphatic carbocycles. The summed E-state index contributed by atoms with van der Waals surface area (Å²) in [5.74, 6) is 0. The van der Waals surface area contributed by atoms with Crippen molar-refractivity contribution in [2.24, 2.45) is 4.99 Å². The molecule has 2 rings (SSSR count). The molecule has 0 saturated carbocycles. The molecule has 1 N–H and O–H groups in total. The highest BCUT2D eigenvalue weighted by atomic mass is 15.1. The first kappa shape index (κ1) is 6.40. The third-order valence-corrected chi connectivity index (χ3v) is 1.86. The predicted octanol–water partition coefficient (Wildman–Crippen LogP) is 1.36. The lowest BCUT2D eigenvalue weighted by molar-refractivity contribution is 0.713. The monoisotopic (exact) mass is 146 g/mol. The summed E-state index contributed by atoms with van der Waals surface area (Å²) >= 11 is 0. The fourth-order valence-corrected chi connectivity index (χ4v) is 1.24. The van der Waals surface area contributed by atoms with E-state index in [0.717, 1.165) is 6.54 Å². The van der Waals surface area contributed by atoms with Gasteiger partial charge in [-0.1, -0.05) is 30.3 Å². The Labute approximate surface area is 66.0 Å². The number of nitrogens with zero attached hydrogens (tertiary/aromatic N) is 1. The van der Waals surface area contributed by atoms with Gasteiger partial charge in [-0.15, -0.1) is 0 Å². The van der Waals surface area contributed by atoms with Crippen molar-refractivity contribution in [3.8, 4) is 0 Å². The molecule has 1 atom stereocenters. The van der Waals surface area contributed by atoms with E-state index in [-0.39, 0.29) is 0 Å². The Morgan fingerprint density at radius 2 is 2.09 bits per heavy atom. The normalized spacial score (nSPS) is 21.6. The zero-order chi connectivity index (χ0) is 7.52. The van der Waals surface area contributed by atoms with Gasteiger partial charge in [0, 0.05) is 0 Å². The van der Waals surface area contributed by atoms with Crippen LogP contribution in [0.4, 0.5) is 0 Å². The fraction of sp³-hybridized carbons (Fsp3) is 0.222. The van der Waals surface area contributed by atoms with Gasteiger partial charge in [-0.3, -0.25) is 4.99 Å². The van der Waals surface area contributed by atoms with Crippen LogP contribution in [-0.4, -0.2) is 12.9 Å². The number of hydrogen-bond acceptors (Lipinski definition) is 2. The van der Waals surface area contributed by atoms with Gasteiger partial charge in [0.15, 0.2) is 0 Å². The highest BCUT2D eigenvalue weighted by Gasteiger charge is 2.10. The third-order valence-electron chi connectivity index (χ3n) is 1.86. The Morgan fingerprint density at radius 1 is 1.27 bits per heavy atom. The van der Waals surface area contributed by atoms with Gasteiger partial charge in [-0.2, -0.15) is 0 Å².